The van der Waals surface area contributed by atoms with Crippen molar-refractivity contribution in [2.24, 2.45) is 5.92 Å². The molecule has 2 aromatic rings. The zero-order chi connectivity index (χ0) is 12.4. The zero-order valence-corrected chi connectivity index (χ0v) is 11.0. The number of aromatic nitrogens is 1. The summed E-state index contributed by atoms with van der Waals surface area (Å²) in [5, 5.41) is 5.38. The molecule has 1 aromatic heterocycles. The first kappa shape index (κ1) is 12.0. The lowest BCUT2D eigenvalue weighted by molar-refractivity contribution is 0.185. The van der Waals surface area contributed by atoms with Gasteiger partial charge >= 0.3 is 0 Å². The van der Waals surface area contributed by atoms with Crippen LogP contribution in [0.15, 0.2) is 24.3 Å². The van der Waals surface area contributed by atoms with Gasteiger partial charge in [0.2, 0.25) is 0 Å². The number of hydrogen-bond donors (Lipinski definition) is 2. The van der Waals surface area contributed by atoms with Crippen molar-refractivity contribution in [3.05, 3.63) is 35.0 Å². The molecule has 96 valence electrons. The van der Waals surface area contributed by atoms with E-state index in [1.54, 1.807) is 0 Å². The molecule has 0 saturated carbocycles. The Balaban J connectivity index is 1.65. The summed E-state index contributed by atoms with van der Waals surface area (Å²) in [7, 11) is 0. The standard InChI is InChI=1S/C14H17ClN2O/c15-14-11-3-1-2-4-12(11)17-13(14)8-16-7-10-5-6-18-9-10/h1-4,10,16-17H,5-9H2. The minimum absolute atomic E-state index is 0.646. The maximum Gasteiger partial charge on any atom is 0.0705 e. The summed E-state index contributed by atoms with van der Waals surface area (Å²) in [6, 6.07) is 8.12. The summed E-state index contributed by atoms with van der Waals surface area (Å²) in [5.74, 6) is 0.646. The first-order valence-electron chi connectivity index (χ1n) is 6.38. The molecule has 0 amide bonds. The van der Waals surface area contributed by atoms with Crippen molar-refractivity contribution < 1.29 is 4.74 Å². The van der Waals surface area contributed by atoms with E-state index in [0.717, 1.165) is 54.3 Å². The molecule has 3 rings (SSSR count). The smallest absolute Gasteiger partial charge is 0.0705 e. The van der Waals surface area contributed by atoms with Crippen molar-refractivity contribution in [1.82, 2.24) is 10.3 Å². The Labute approximate surface area is 111 Å². The fourth-order valence-corrected chi connectivity index (χ4v) is 2.71. The summed E-state index contributed by atoms with van der Waals surface area (Å²) in [4.78, 5) is 3.36. The van der Waals surface area contributed by atoms with Gasteiger partial charge in [0.05, 0.1) is 11.6 Å². The summed E-state index contributed by atoms with van der Waals surface area (Å²) >= 11 is 6.36. The molecule has 0 aliphatic carbocycles. The first-order valence-corrected chi connectivity index (χ1v) is 6.76. The maximum atomic E-state index is 6.36. The van der Waals surface area contributed by atoms with Crippen LogP contribution in [0, 0.1) is 5.92 Å². The second-order valence-corrected chi connectivity index (χ2v) is 5.20. The SMILES string of the molecule is Clc1c(CNCC2CCOC2)[nH]c2ccccc12. The summed E-state index contributed by atoms with van der Waals surface area (Å²) in [6.45, 7) is 3.56. The number of hydrogen-bond acceptors (Lipinski definition) is 2. The number of halogens is 1. The summed E-state index contributed by atoms with van der Waals surface area (Å²) in [6.07, 6.45) is 1.16. The van der Waals surface area contributed by atoms with Crippen LogP contribution in [-0.2, 0) is 11.3 Å². The molecule has 1 atom stereocenters. The third-order valence-electron chi connectivity index (χ3n) is 3.47. The molecule has 2 heterocycles. The van der Waals surface area contributed by atoms with Gasteiger partial charge in [-0.1, -0.05) is 29.8 Å². The highest BCUT2D eigenvalue weighted by Gasteiger charge is 2.15. The highest BCUT2D eigenvalue weighted by Crippen LogP contribution is 2.27. The van der Waals surface area contributed by atoms with Crippen LogP contribution in [0.3, 0.4) is 0 Å². The number of nitrogens with one attached hydrogen (secondary N) is 2. The predicted molar refractivity (Wildman–Crippen MR) is 73.9 cm³/mol. The molecule has 1 saturated heterocycles. The number of ether oxygens (including phenoxy) is 1. The minimum Gasteiger partial charge on any atom is -0.381 e. The predicted octanol–water partition coefficient (Wildman–Crippen LogP) is 2.95. The van der Waals surface area contributed by atoms with Crippen LogP contribution in [0.4, 0.5) is 0 Å². The molecule has 1 unspecified atom stereocenters. The molecule has 0 spiro atoms. The van der Waals surface area contributed by atoms with Crippen LogP contribution in [-0.4, -0.2) is 24.7 Å². The van der Waals surface area contributed by atoms with Gasteiger partial charge < -0.3 is 15.0 Å². The Morgan fingerprint density at radius 3 is 3.06 bits per heavy atom. The highest BCUT2D eigenvalue weighted by atomic mass is 35.5. The van der Waals surface area contributed by atoms with E-state index < -0.39 is 0 Å². The van der Waals surface area contributed by atoms with Gasteiger partial charge in [-0.15, -0.1) is 0 Å². The lowest BCUT2D eigenvalue weighted by atomic mass is 10.1. The number of para-hydroxylation sites is 1. The van der Waals surface area contributed by atoms with Gasteiger partial charge in [-0.3, -0.25) is 0 Å². The number of aromatic amines is 1. The first-order chi connectivity index (χ1) is 8.84. The van der Waals surface area contributed by atoms with E-state index in [-0.39, 0.29) is 0 Å². The molecular weight excluding hydrogens is 248 g/mol. The Morgan fingerprint density at radius 2 is 2.28 bits per heavy atom. The van der Waals surface area contributed by atoms with Crippen LogP contribution in [0.25, 0.3) is 10.9 Å². The van der Waals surface area contributed by atoms with Gasteiger partial charge in [-0.2, -0.15) is 0 Å². The Morgan fingerprint density at radius 1 is 1.39 bits per heavy atom. The average molecular weight is 265 g/mol. The number of rotatable bonds is 4. The third kappa shape index (κ3) is 2.39. The van der Waals surface area contributed by atoms with E-state index in [4.69, 9.17) is 16.3 Å². The van der Waals surface area contributed by atoms with Crippen molar-refractivity contribution >= 4 is 22.5 Å². The van der Waals surface area contributed by atoms with E-state index in [9.17, 15) is 0 Å². The molecule has 1 fully saturated rings. The van der Waals surface area contributed by atoms with E-state index in [0.29, 0.717) is 5.92 Å². The molecule has 1 aliphatic heterocycles. The highest BCUT2D eigenvalue weighted by molar-refractivity contribution is 6.36. The fraction of sp³-hybridized carbons (Fsp3) is 0.429. The van der Waals surface area contributed by atoms with Crippen LogP contribution < -0.4 is 5.32 Å². The van der Waals surface area contributed by atoms with Crippen molar-refractivity contribution in [3.8, 4) is 0 Å². The second kappa shape index (κ2) is 5.31. The lowest BCUT2D eigenvalue weighted by Gasteiger charge is -2.08. The Bertz CT molecular complexity index is 532. The van der Waals surface area contributed by atoms with Gasteiger partial charge in [-0.25, -0.2) is 0 Å². The van der Waals surface area contributed by atoms with E-state index in [1.807, 2.05) is 18.2 Å². The molecule has 2 N–H and O–H groups in total. The Kier molecular flexibility index (Phi) is 3.55. The molecular formula is C14H17ClN2O. The molecule has 1 aliphatic rings. The van der Waals surface area contributed by atoms with Crippen molar-refractivity contribution in [2.45, 2.75) is 13.0 Å². The van der Waals surface area contributed by atoms with Crippen LogP contribution >= 0.6 is 11.6 Å². The maximum absolute atomic E-state index is 6.36. The largest absolute Gasteiger partial charge is 0.381 e. The fourth-order valence-electron chi connectivity index (χ4n) is 2.43. The minimum atomic E-state index is 0.646. The summed E-state index contributed by atoms with van der Waals surface area (Å²) < 4.78 is 5.36. The zero-order valence-electron chi connectivity index (χ0n) is 10.2. The lowest BCUT2D eigenvalue weighted by Crippen LogP contribution is -2.22. The van der Waals surface area contributed by atoms with E-state index in [2.05, 4.69) is 16.4 Å². The van der Waals surface area contributed by atoms with Gasteiger partial charge in [-0.05, 0) is 18.4 Å². The molecule has 1 aromatic carbocycles. The van der Waals surface area contributed by atoms with Gasteiger partial charge in [0.15, 0.2) is 0 Å². The van der Waals surface area contributed by atoms with Crippen molar-refractivity contribution in [3.63, 3.8) is 0 Å². The summed E-state index contributed by atoms with van der Waals surface area (Å²) in [5.41, 5.74) is 2.17. The molecule has 0 bridgehead atoms. The number of H-pyrrole nitrogens is 1. The van der Waals surface area contributed by atoms with Crippen LogP contribution in [0.5, 0.6) is 0 Å². The average Bonchev–Trinajstić information content (AvgIpc) is 3.00. The number of fused-ring (bicyclic) bond motifs is 1. The van der Waals surface area contributed by atoms with Gasteiger partial charge in [0.25, 0.3) is 0 Å². The number of benzene rings is 1. The second-order valence-electron chi connectivity index (χ2n) is 4.82. The van der Waals surface area contributed by atoms with Crippen molar-refractivity contribution in [1.29, 1.82) is 0 Å². The van der Waals surface area contributed by atoms with Crippen molar-refractivity contribution in [2.75, 3.05) is 19.8 Å². The monoisotopic (exact) mass is 264 g/mol. The van der Waals surface area contributed by atoms with Crippen LogP contribution in [0.1, 0.15) is 12.1 Å². The van der Waals surface area contributed by atoms with E-state index in [1.165, 1.54) is 0 Å². The quantitative estimate of drug-likeness (QED) is 0.891. The third-order valence-corrected chi connectivity index (χ3v) is 3.90. The Hall–Kier alpha value is -1.03. The van der Waals surface area contributed by atoms with E-state index >= 15 is 0 Å². The molecule has 3 nitrogen and oxygen atoms in total. The van der Waals surface area contributed by atoms with Crippen LogP contribution in [0.2, 0.25) is 5.02 Å². The molecule has 18 heavy (non-hydrogen) atoms. The van der Waals surface area contributed by atoms with Gasteiger partial charge in [0.1, 0.15) is 0 Å². The molecule has 0 radical (unpaired) electrons. The normalized spacial score (nSPS) is 19.7. The topological polar surface area (TPSA) is 37.0 Å². The molecule has 4 heteroatoms. The van der Waals surface area contributed by atoms with Gasteiger partial charge in [0, 0.05) is 36.3 Å².